The number of nitrogens with one attached hydrogen (secondary N) is 2. The number of rotatable bonds is 4. The van der Waals surface area contributed by atoms with Crippen LogP contribution < -0.4 is 10.6 Å². The zero-order chi connectivity index (χ0) is 18.7. The number of benzene rings is 2. The lowest BCUT2D eigenvalue weighted by atomic mass is 10.1. The summed E-state index contributed by atoms with van der Waals surface area (Å²) in [6, 6.07) is 15.6. The maximum atomic E-state index is 12.7. The molecule has 0 aliphatic heterocycles. The topological polar surface area (TPSA) is 66.9 Å². The van der Waals surface area contributed by atoms with Gasteiger partial charge in [-0.15, -0.1) is 0 Å². The first-order chi connectivity index (χ1) is 12.4. The maximum absolute atomic E-state index is 12.7. The molecule has 0 aliphatic carbocycles. The minimum absolute atomic E-state index is 0.250. The Kier molecular flexibility index (Phi) is 4.98. The number of carbonyl (C=O) groups is 1. The highest BCUT2D eigenvalue weighted by Gasteiger charge is 2.13. The smallest absolute Gasteiger partial charge is 0.274 e. The number of carbonyl (C=O) groups excluding carboxylic acids is 1. The van der Waals surface area contributed by atoms with E-state index in [1.54, 1.807) is 13.0 Å². The summed E-state index contributed by atoms with van der Waals surface area (Å²) < 4.78 is 0. The zero-order valence-corrected chi connectivity index (χ0v) is 15.4. The molecule has 0 unspecified atom stereocenters. The van der Waals surface area contributed by atoms with Gasteiger partial charge in [0.05, 0.1) is 0 Å². The van der Waals surface area contributed by atoms with Crippen LogP contribution in [-0.4, -0.2) is 15.9 Å². The summed E-state index contributed by atoms with van der Waals surface area (Å²) in [4.78, 5) is 21.3. The number of nitrogens with zero attached hydrogens (tertiary/aromatic N) is 2. The van der Waals surface area contributed by atoms with Crippen LogP contribution in [0.4, 0.5) is 17.2 Å². The van der Waals surface area contributed by atoms with Crippen LogP contribution in [0.5, 0.6) is 0 Å². The molecule has 1 aromatic heterocycles. The second kappa shape index (κ2) is 7.35. The average Bonchev–Trinajstić information content (AvgIpc) is 2.59. The van der Waals surface area contributed by atoms with Crippen molar-refractivity contribution in [3.05, 3.63) is 76.7 Å². The highest BCUT2D eigenvalue weighted by atomic mass is 16.1. The van der Waals surface area contributed by atoms with E-state index in [0.717, 1.165) is 22.5 Å². The van der Waals surface area contributed by atoms with Crippen LogP contribution in [-0.2, 0) is 0 Å². The van der Waals surface area contributed by atoms with Crippen molar-refractivity contribution in [2.75, 3.05) is 10.6 Å². The van der Waals surface area contributed by atoms with Gasteiger partial charge in [-0.1, -0.05) is 35.9 Å². The molecule has 26 heavy (non-hydrogen) atoms. The Morgan fingerprint density at radius 3 is 2.19 bits per heavy atom. The lowest BCUT2D eigenvalue weighted by Gasteiger charge is -2.12. The standard InChI is InChI=1S/C21H22N4O/c1-13-8-10-17(11-9-13)24-19-12-18(22-16(4)23-19)21(26)25-20-14(2)6-5-7-15(20)3/h5-12H,1-4H3,(H,25,26)(H,22,23,24). The Bertz CT molecular complexity index is 928. The van der Waals surface area contributed by atoms with E-state index in [2.05, 4.69) is 20.6 Å². The average molecular weight is 346 g/mol. The first-order valence-electron chi connectivity index (χ1n) is 8.49. The molecular weight excluding hydrogens is 324 g/mol. The SMILES string of the molecule is Cc1ccc(Nc2cc(C(=O)Nc3c(C)cccc3C)nc(C)n2)cc1. The Morgan fingerprint density at radius 1 is 0.885 bits per heavy atom. The third kappa shape index (κ3) is 4.06. The van der Waals surface area contributed by atoms with E-state index in [9.17, 15) is 4.79 Å². The van der Waals surface area contributed by atoms with Gasteiger partial charge in [0.1, 0.15) is 17.3 Å². The molecular formula is C21H22N4O. The Balaban J connectivity index is 1.84. The summed E-state index contributed by atoms with van der Waals surface area (Å²) in [6.07, 6.45) is 0. The summed E-state index contributed by atoms with van der Waals surface area (Å²) >= 11 is 0. The minimum atomic E-state index is -0.250. The first-order valence-corrected chi connectivity index (χ1v) is 8.49. The molecule has 0 saturated carbocycles. The van der Waals surface area contributed by atoms with E-state index >= 15 is 0 Å². The van der Waals surface area contributed by atoms with Crippen molar-refractivity contribution in [2.24, 2.45) is 0 Å². The largest absolute Gasteiger partial charge is 0.340 e. The number of hydrogen-bond acceptors (Lipinski definition) is 4. The molecule has 0 aliphatic rings. The molecule has 2 aromatic carbocycles. The van der Waals surface area contributed by atoms with Crippen LogP contribution in [0.3, 0.4) is 0 Å². The van der Waals surface area contributed by atoms with Crippen molar-refractivity contribution in [1.29, 1.82) is 0 Å². The molecule has 1 amide bonds. The highest BCUT2D eigenvalue weighted by Crippen LogP contribution is 2.21. The number of aryl methyl sites for hydroxylation is 4. The minimum Gasteiger partial charge on any atom is -0.340 e. The van der Waals surface area contributed by atoms with Crippen molar-refractivity contribution in [1.82, 2.24) is 9.97 Å². The molecule has 1 heterocycles. The third-order valence-corrected chi connectivity index (χ3v) is 4.11. The summed E-state index contributed by atoms with van der Waals surface area (Å²) in [5.41, 5.74) is 5.28. The number of anilines is 3. The normalized spacial score (nSPS) is 10.5. The molecule has 0 spiro atoms. The molecule has 3 rings (SSSR count). The number of amides is 1. The Morgan fingerprint density at radius 2 is 1.54 bits per heavy atom. The molecule has 0 bridgehead atoms. The fourth-order valence-electron chi connectivity index (χ4n) is 2.72. The quantitative estimate of drug-likeness (QED) is 0.718. The van der Waals surface area contributed by atoms with E-state index in [1.807, 2.05) is 63.2 Å². The van der Waals surface area contributed by atoms with Gasteiger partial charge in [-0.3, -0.25) is 4.79 Å². The lowest BCUT2D eigenvalue weighted by Crippen LogP contribution is -2.16. The predicted octanol–water partition coefficient (Wildman–Crippen LogP) is 4.71. The van der Waals surface area contributed by atoms with Gasteiger partial charge in [-0.05, 0) is 51.0 Å². The van der Waals surface area contributed by atoms with Crippen LogP contribution in [0.25, 0.3) is 0 Å². The van der Waals surface area contributed by atoms with Crippen LogP contribution in [0.15, 0.2) is 48.5 Å². The van der Waals surface area contributed by atoms with Crippen molar-refractivity contribution in [3.8, 4) is 0 Å². The van der Waals surface area contributed by atoms with Gasteiger partial charge in [0.15, 0.2) is 0 Å². The van der Waals surface area contributed by atoms with Crippen molar-refractivity contribution < 1.29 is 4.79 Å². The number of aromatic nitrogens is 2. The molecule has 0 atom stereocenters. The number of hydrogen-bond donors (Lipinski definition) is 2. The van der Waals surface area contributed by atoms with Gasteiger partial charge in [0, 0.05) is 17.4 Å². The van der Waals surface area contributed by atoms with Gasteiger partial charge in [0.2, 0.25) is 0 Å². The van der Waals surface area contributed by atoms with Crippen LogP contribution >= 0.6 is 0 Å². The second-order valence-electron chi connectivity index (χ2n) is 6.40. The first kappa shape index (κ1) is 17.6. The van der Waals surface area contributed by atoms with Gasteiger partial charge in [-0.25, -0.2) is 9.97 Å². The summed E-state index contributed by atoms with van der Waals surface area (Å²) in [7, 11) is 0. The Hall–Kier alpha value is -3.21. The third-order valence-electron chi connectivity index (χ3n) is 4.11. The molecule has 0 radical (unpaired) electrons. The molecule has 0 fully saturated rings. The van der Waals surface area contributed by atoms with Gasteiger partial charge < -0.3 is 10.6 Å². The fraction of sp³-hybridized carbons (Fsp3) is 0.190. The van der Waals surface area contributed by atoms with Gasteiger partial charge >= 0.3 is 0 Å². The van der Waals surface area contributed by atoms with Crippen molar-refractivity contribution >= 4 is 23.1 Å². The van der Waals surface area contributed by atoms with E-state index in [4.69, 9.17) is 0 Å². The predicted molar refractivity (Wildman–Crippen MR) is 105 cm³/mol. The summed E-state index contributed by atoms with van der Waals surface area (Å²) in [6.45, 7) is 7.75. The molecule has 5 heteroatoms. The summed E-state index contributed by atoms with van der Waals surface area (Å²) in [5, 5.41) is 6.19. The molecule has 5 nitrogen and oxygen atoms in total. The van der Waals surface area contributed by atoms with Crippen LogP contribution in [0.2, 0.25) is 0 Å². The highest BCUT2D eigenvalue weighted by molar-refractivity contribution is 6.04. The van der Waals surface area contributed by atoms with Crippen LogP contribution in [0.1, 0.15) is 33.0 Å². The lowest BCUT2D eigenvalue weighted by molar-refractivity contribution is 0.102. The maximum Gasteiger partial charge on any atom is 0.274 e. The van der Waals surface area contributed by atoms with Gasteiger partial charge in [0.25, 0.3) is 5.91 Å². The van der Waals surface area contributed by atoms with E-state index in [0.29, 0.717) is 17.3 Å². The fourth-order valence-corrected chi connectivity index (χ4v) is 2.72. The van der Waals surface area contributed by atoms with E-state index in [-0.39, 0.29) is 5.91 Å². The Labute approximate surface area is 153 Å². The number of para-hydroxylation sites is 1. The molecule has 3 aromatic rings. The second-order valence-corrected chi connectivity index (χ2v) is 6.40. The zero-order valence-electron chi connectivity index (χ0n) is 15.4. The molecule has 132 valence electrons. The van der Waals surface area contributed by atoms with Gasteiger partial charge in [-0.2, -0.15) is 0 Å². The van der Waals surface area contributed by atoms with E-state index in [1.165, 1.54) is 5.56 Å². The van der Waals surface area contributed by atoms with Crippen molar-refractivity contribution in [3.63, 3.8) is 0 Å². The van der Waals surface area contributed by atoms with Crippen molar-refractivity contribution in [2.45, 2.75) is 27.7 Å². The summed E-state index contributed by atoms with van der Waals surface area (Å²) in [5.74, 6) is 0.877. The van der Waals surface area contributed by atoms with Crippen LogP contribution in [0, 0.1) is 27.7 Å². The molecule has 2 N–H and O–H groups in total. The van der Waals surface area contributed by atoms with E-state index < -0.39 is 0 Å². The molecule has 0 saturated heterocycles. The monoisotopic (exact) mass is 346 g/mol.